The normalized spacial score (nSPS) is 15.5. The van der Waals surface area contributed by atoms with Crippen molar-refractivity contribution in [3.05, 3.63) is 89.9 Å². The molecular weight excluding hydrogens is 399 g/mol. The summed E-state index contributed by atoms with van der Waals surface area (Å²) in [5, 5.41) is 13.6. The summed E-state index contributed by atoms with van der Waals surface area (Å²) in [6, 6.07) is 19.7. The van der Waals surface area contributed by atoms with E-state index in [4.69, 9.17) is 4.42 Å². The third-order valence-electron chi connectivity index (χ3n) is 4.63. The van der Waals surface area contributed by atoms with Gasteiger partial charge in [-0.2, -0.15) is 0 Å². The Kier molecular flexibility index (Phi) is 4.68. The van der Waals surface area contributed by atoms with Gasteiger partial charge in [0, 0.05) is 11.1 Å². The van der Waals surface area contributed by atoms with Crippen LogP contribution in [0.2, 0.25) is 0 Å². The molecule has 0 radical (unpaired) electrons. The lowest BCUT2D eigenvalue weighted by Gasteiger charge is -2.11. The first kappa shape index (κ1) is 18.6. The summed E-state index contributed by atoms with van der Waals surface area (Å²) >= 11 is 0. The molecule has 2 aromatic carbocycles. The van der Waals surface area contributed by atoms with Crippen molar-refractivity contribution in [1.29, 1.82) is 0 Å². The first-order valence-electron chi connectivity index (χ1n) is 9.43. The van der Waals surface area contributed by atoms with Crippen LogP contribution in [0.1, 0.15) is 11.1 Å². The Hall–Kier alpha value is -4.40. The van der Waals surface area contributed by atoms with Gasteiger partial charge in [-0.15, -0.1) is 5.10 Å². The molecule has 0 bridgehead atoms. The molecule has 0 saturated carbocycles. The number of amides is 1. The largest absolute Gasteiger partial charge is 0.402 e. The number of carbonyl (C=O) groups excluding carboxylic acids is 1. The van der Waals surface area contributed by atoms with E-state index in [0.29, 0.717) is 17.1 Å². The zero-order chi connectivity index (χ0) is 21.2. The maximum atomic E-state index is 13.1. The number of hydrogen-bond acceptors (Lipinski definition) is 7. The number of nitrogens with one attached hydrogen (secondary N) is 2. The van der Waals surface area contributed by atoms with Crippen LogP contribution in [0.3, 0.4) is 0 Å². The number of hydrogen-bond donors (Lipinski definition) is 2. The number of benzodiazepines with no additional fused rings is 1. The van der Waals surface area contributed by atoms with Gasteiger partial charge in [-0.3, -0.25) is 4.79 Å². The Morgan fingerprint density at radius 1 is 0.968 bits per heavy atom. The highest BCUT2D eigenvalue weighted by molar-refractivity contribution is 6.19. The Morgan fingerprint density at radius 2 is 1.77 bits per heavy atom. The van der Waals surface area contributed by atoms with Crippen LogP contribution in [0, 0.1) is 5.82 Å². The van der Waals surface area contributed by atoms with Crippen molar-refractivity contribution in [2.75, 3.05) is 10.6 Å². The molecule has 1 atom stereocenters. The van der Waals surface area contributed by atoms with Crippen LogP contribution in [0.25, 0.3) is 11.6 Å². The molecule has 2 aromatic heterocycles. The van der Waals surface area contributed by atoms with Crippen LogP contribution < -0.4 is 10.6 Å². The summed E-state index contributed by atoms with van der Waals surface area (Å²) < 4.78 is 18.6. The van der Waals surface area contributed by atoms with E-state index in [1.54, 1.807) is 0 Å². The molecule has 4 aromatic rings. The molecule has 8 nitrogen and oxygen atoms in total. The summed E-state index contributed by atoms with van der Waals surface area (Å²) in [6.45, 7) is 0. The third kappa shape index (κ3) is 3.76. The summed E-state index contributed by atoms with van der Waals surface area (Å²) in [5.74, 6) is -0.760. The number of benzene rings is 2. The van der Waals surface area contributed by atoms with Crippen LogP contribution >= 0.6 is 0 Å². The zero-order valence-electron chi connectivity index (χ0n) is 16.0. The van der Waals surface area contributed by atoms with Crippen LogP contribution in [0.4, 0.5) is 16.1 Å². The molecule has 0 spiro atoms. The third-order valence-corrected chi connectivity index (χ3v) is 4.63. The molecule has 1 aliphatic rings. The zero-order valence-corrected chi connectivity index (χ0v) is 16.0. The highest BCUT2D eigenvalue weighted by atomic mass is 19.1. The highest BCUT2D eigenvalue weighted by Crippen LogP contribution is 2.25. The van der Waals surface area contributed by atoms with Crippen molar-refractivity contribution < 1.29 is 13.6 Å². The summed E-state index contributed by atoms with van der Waals surface area (Å²) in [7, 11) is 0. The van der Waals surface area contributed by atoms with E-state index < -0.39 is 12.0 Å². The van der Waals surface area contributed by atoms with E-state index in [-0.39, 0.29) is 17.8 Å². The molecule has 152 valence electrons. The number of aromatic nitrogens is 3. The van der Waals surface area contributed by atoms with Gasteiger partial charge in [0.1, 0.15) is 11.5 Å². The lowest BCUT2D eigenvalue weighted by Crippen LogP contribution is -2.32. The second-order valence-electron chi connectivity index (χ2n) is 6.70. The number of aliphatic imine (C=N–C) groups is 1. The topological polar surface area (TPSA) is 105 Å². The molecule has 0 unspecified atom stereocenters. The first-order chi connectivity index (χ1) is 15.2. The van der Waals surface area contributed by atoms with Gasteiger partial charge >= 0.3 is 6.01 Å². The number of anilines is 2. The van der Waals surface area contributed by atoms with Gasteiger partial charge in [0.05, 0.1) is 17.6 Å². The minimum atomic E-state index is -1.02. The maximum absolute atomic E-state index is 13.1. The molecule has 3 heterocycles. The van der Waals surface area contributed by atoms with Crippen molar-refractivity contribution in [1.82, 2.24) is 15.2 Å². The number of halogens is 1. The first-order valence-corrected chi connectivity index (χ1v) is 9.43. The fourth-order valence-electron chi connectivity index (χ4n) is 3.19. The van der Waals surface area contributed by atoms with Gasteiger partial charge in [-0.25, -0.2) is 14.4 Å². The van der Waals surface area contributed by atoms with Crippen molar-refractivity contribution in [3.63, 3.8) is 0 Å². The maximum Gasteiger partial charge on any atom is 0.317 e. The van der Waals surface area contributed by atoms with Gasteiger partial charge in [0.25, 0.3) is 11.8 Å². The monoisotopic (exact) mass is 414 g/mol. The van der Waals surface area contributed by atoms with Crippen LogP contribution in [0.15, 0.2) is 82.3 Å². The Bertz CT molecular complexity index is 1270. The molecule has 0 fully saturated rings. The minimum Gasteiger partial charge on any atom is -0.402 e. The standard InChI is InChI=1S/C22H15FN6O2/c23-14-10-11-17(24-12-14)21-28-29-22(31-21)27-19-20(30)25-16-9-5-4-8-15(16)18(26-19)13-6-2-1-3-7-13/h1-12,19H,(H,25,30)(H,27,29)/t19-/m1/s1. The summed E-state index contributed by atoms with van der Waals surface area (Å²) in [5.41, 5.74) is 3.27. The van der Waals surface area contributed by atoms with E-state index in [0.717, 1.165) is 17.3 Å². The number of para-hydroxylation sites is 1. The SMILES string of the molecule is O=C1Nc2ccccc2C(c2ccccc2)=N[C@@H]1Nc1nnc(-c2ccc(F)cn2)o1. The van der Waals surface area contributed by atoms with Crippen molar-refractivity contribution in [2.45, 2.75) is 6.17 Å². The predicted molar refractivity (Wildman–Crippen MR) is 112 cm³/mol. The van der Waals surface area contributed by atoms with E-state index in [1.807, 2.05) is 54.6 Å². The van der Waals surface area contributed by atoms with Gasteiger partial charge in [-0.1, -0.05) is 53.6 Å². The predicted octanol–water partition coefficient (Wildman–Crippen LogP) is 3.50. The van der Waals surface area contributed by atoms with E-state index in [2.05, 4.69) is 30.8 Å². The van der Waals surface area contributed by atoms with E-state index >= 15 is 0 Å². The lowest BCUT2D eigenvalue weighted by atomic mass is 10.0. The number of nitrogens with zero attached hydrogens (tertiary/aromatic N) is 4. The van der Waals surface area contributed by atoms with Gasteiger partial charge < -0.3 is 15.1 Å². The van der Waals surface area contributed by atoms with E-state index in [1.165, 1.54) is 12.1 Å². The number of carbonyl (C=O) groups is 1. The summed E-state index contributed by atoms with van der Waals surface area (Å²) in [6.07, 6.45) is 0.0380. The fraction of sp³-hybridized carbons (Fsp3) is 0.0455. The molecule has 31 heavy (non-hydrogen) atoms. The van der Waals surface area contributed by atoms with Crippen LogP contribution in [-0.2, 0) is 4.79 Å². The number of fused-ring (bicyclic) bond motifs is 1. The Morgan fingerprint density at radius 3 is 2.58 bits per heavy atom. The second-order valence-corrected chi connectivity index (χ2v) is 6.70. The van der Waals surface area contributed by atoms with Crippen LogP contribution in [0.5, 0.6) is 0 Å². The molecule has 5 rings (SSSR count). The van der Waals surface area contributed by atoms with Crippen molar-refractivity contribution in [3.8, 4) is 11.6 Å². The van der Waals surface area contributed by atoms with Gasteiger partial charge in [0.15, 0.2) is 0 Å². The average Bonchev–Trinajstić information content (AvgIpc) is 3.21. The van der Waals surface area contributed by atoms with Crippen molar-refractivity contribution in [2.24, 2.45) is 4.99 Å². The molecule has 0 saturated heterocycles. The quantitative estimate of drug-likeness (QED) is 0.530. The molecule has 9 heteroatoms. The fourth-order valence-corrected chi connectivity index (χ4v) is 3.19. The van der Waals surface area contributed by atoms with Gasteiger partial charge in [-0.05, 0) is 18.2 Å². The Balaban J connectivity index is 1.49. The summed E-state index contributed by atoms with van der Waals surface area (Å²) in [4.78, 5) is 21.4. The average molecular weight is 414 g/mol. The van der Waals surface area contributed by atoms with Gasteiger partial charge in [0.2, 0.25) is 6.17 Å². The van der Waals surface area contributed by atoms with Crippen molar-refractivity contribution >= 4 is 23.3 Å². The molecular formula is C22H15FN6O2. The molecule has 1 amide bonds. The number of pyridine rings is 1. The molecule has 0 aliphatic carbocycles. The molecule has 2 N–H and O–H groups in total. The Labute approximate surface area is 175 Å². The lowest BCUT2D eigenvalue weighted by molar-refractivity contribution is -0.116. The minimum absolute atomic E-state index is 0.0107. The smallest absolute Gasteiger partial charge is 0.317 e. The molecule has 1 aliphatic heterocycles. The number of rotatable bonds is 4. The van der Waals surface area contributed by atoms with E-state index in [9.17, 15) is 9.18 Å². The second kappa shape index (κ2) is 7.79. The highest BCUT2D eigenvalue weighted by Gasteiger charge is 2.27. The van der Waals surface area contributed by atoms with Crippen LogP contribution in [-0.4, -0.2) is 33.0 Å².